The van der Waals surface area contributed by atoms with Crippen LogP contribution in [0, 0.1) is 27.7 Å². The number of hydrogen-bond acceptors (Lipinski definition) is 4. The maximum Gasteiger partial charge on any atom is 0.161 e. The zero-order valence-corrected chi connectivity index (χ0v) is 42.9. The molecular weight excluding hydrogens is 877 g/mol. The van der Waals surface area contributed by atoms with Crippen LogP contribution in [0.1, 0.15) is 69.5 Å². The highest BCUT2D eigenvalue weighted by atomic mass is 16.5. The number of benzene rings is 9. The normalized spacial score (nSPS) is 11.3. The van der Waals surface area contributed by atoms with Gasteiger partial charge in [-0.15, -0.1) is 0 Å². The van der Waals surface area contributed by atoms with E-state index in [0.717, 1.165) is 46.7 Å². The molecule has 0 aliphatic carbocycles. The topological polar surface area (TPSA) is 24.9 Å². The van der Waals surface area contributed by atoms with Crippen LogP contribution in [0.3, 0.4) is 0 Å². The van der Waals surface area contributed by atoms with Gasteiger partial charge in [0, 0.05) is 22.7 Å². The summed E-state index contributed by atoms with van der Waals surface area (Å²) < 4.78 is 11.0. The number of para-hydroxylation sites is 2. The van der Waals surface area contributed by atoms with E-state index in [-0.39, 0.29) is 0 Å². The Morgan fingerprint density at radius 1 is 0.333 bits per heavy atom. The van der Waals surface area contributed by atoms with Gasteiger partial charge in [-0.05, 0) is 179 Å². The molecule has 0 saturated heterocycles. The lowest BCUT2D eigenvalue weighted by Crippen LogP contribution is -2.13. The van der Waals surface area contributed by atoms with Crippen LogP contribution in [0.5, 0.6) is 11.5 Å². The minimum absolute atomic E-state index is 0.712. The number of aryl methyl sites for hydroxylation is 6. The van der Waals surface area contributed by atoms with Crippen LogP contribution in [0.2, 0.25) is 0 Å². The van der Waals surface area contributed by atoms with E-state index in [4.69, 9.17) is 9.47 Å². The van der Waals surface area contributed by atoms with Gasteiger partial charge in [-0.2, -0.15) is 0 Å². The Labute approximate surface area is 427 Å². The average Bonchev–Trinajstić information content (AvgIpc) is 3.42. The molecule has 4 heteroatoms. The zero-order chi connectivity index (χ0) is 50.1. The van der Waals surface area contributed by atoms with E-state index in [1.807, 2.05) is 18.2 Å². The smallest absolute Gasteiger partial charge is 0.161 e. The highest BCUT2D eigenvalue weighted by Gasteiger charge is 2.20. The standard InChI is InChI=1S/C68H64N2O2/c1-9-55-15-11-13-48(4)67(55)69(61-36-23-51(24-37-61)19-21-53-18-17-47(3)50(6)45-53)63-40-32-59(33-41-63)57-28-30-58(31-29-57)60-34-42-64(43-35-60)70(68-49(5)14-12-16-56(68)10-2)62-38-25-52(26-39-62)20-22-54-27-44-65(71-7)66(46-54)72-8/h11-46H,9-10H2,1-8H3/b21-19+,22-20+. The second-order valence-electron chi connectivity index (χ2n) is 18.5. The lowest BCUT2D eigenvalue weighted by atomic mass is 9.98. The molecule has 4 nitrogen and oxygen atoms in total. The van der Waals surface area contributed by atoms with Crippen LogP contribution >= 0.6 is 0 Å². The largest absolute Gasteiger partial charge is 0.493 e. The SMILES string of the molecule is CCc1cccc(C)c1N(c1ccc(/C=C/c2ccc(C)c(C)c2)cc1)c1ccc(-c2ccc(-c3ccc(N(c4ccc(/C=C/c5ccc(OC)c(OC)c5)cc4)c4c(C)cccc4CC)cc3)cc2)cc1. The molecule has 9 aromatic carbocycles. The van der Waals surface area contributed by atoms with Gasteiger partial charge in [-0.3, -0.25) is 0 Å². The maximum atomic E-state index is 5.53. The Morgan fingerprint density at radius 2 is 0.681 bits per heavy atom. The molecule has 72 heavy (non-hydrogen) atoms. The zero-order valence-electron chi connectivity index (χ0n) is 42.9. The van der Waals surface area contributed by atoms with E-state index in [2.05, 4.69) is 252 Å². The molecule has 9 rings (SSSR count). The van der Waals surface area contributed by atoms with Crippen molar-refractivity contribution in [3.8, 4) is 33.8 Å². The number of rotatable bonds is 16. The molecule has 0 radical (unpaired) electrons. The first kappa shape index (κ1) is 48.7. The molecule has 0 heterocycles. The Morgan fingerprint density at radius 3 is 1.07 bits per heavy atom. The first-order valence-electron chi connectivity index (χ1n) is 25.1. The van der Waals surface area contributed by atoms with E-state index in [9.17, 15) is 0 Å². The molecule has 0 fully saturated rings. The van der Waals surface area contributed by atoms with Gasteiger partial charge in [-0.25, -0.2) is 0 Å². The minimum Gasteiger partial charge on any atom is -0.493 e. The highest BCUT2D eigenvalue weighted by Crippen LogP contribution is 2.42. The van der Waals surface area contributed by atoms with Gasteiger partial charge in [0.2, 0.25) is 0 Å². The molecular formula is C68H64N2O2. The molecule has 0 aromatic heterocycles. The fraction of sp³-hybridized carbons (Fsp3) is 0.147. The number of hydrogen-bond donors (Lipinski definition) is 0. The number of anilines is 6. The summed E-state index contributed by atoms with van der Waals surface area (Å²) in [6.45, 7) is 13.2. The quantitative estimate of drug-likeness (QED) is 0.0901. The van der Waals surface area contributed by atoms with Gasteiger partial charge in [-0.1, -0.05) is 172 Å². The summed E-state index contributed by atoms with van der Waals surface area (Å²) in [5.74, 6) is 1.43. The summed E-state index contributed by atoms with van der Waals surface area (Å²) in [5.41, 5.74) is 23.9. The van der Waals surface area contributed by atoms with Crippen molar-refractivity contribution in [3.63, 3.8) is 0 Å². The Kier molecular flexibility index (Phi) is 15.0. The first-order chi connectivity index (χ1) is 35.1. The van der Waals surface area contributed by atoms with E-state index in [0.29, 0.717) is 11.5 Å². The van der Waals surface area contributed by atoms with Crippen LogP contribution in [-0.2, 0) is 12.8 Å². The minimum atomic E-state index is 0.712. The fourth-order valence-corrected chi connectivity index (χ4v) is 9.60. The van der Waals surface area contributed by atoms with Gasteiger partial charge >= 0.3 is 0 Å². The van der Waals surface area contributed by atoms with E-state index in [1.54, 1.807) is 14.2 Å². The maximum absolute atomic E-state index is 5.53. The Hall–Kier alpha value is -8.34. The number of methoxy groups -OCH3 is 2. The van der Waals surface area contributed by atoms with Gasteiger partial charge in [0.15, 0.2) is 11.5 Å². The van der Waals surface area contributed by atoms with Gasteiger partial charge in [0.25, 0.3) is 0 Å². The number of ether oxygens (including phenoxy) is 2. The third-order valence-electron chi connectivity index (χ3n) is 13.8. The van der Waals surface area contributed by atoms with Gasteiger partial charge < -0.3 is 19.3 Å². The predicted molar refractivity (Wildman–Crippen MR) is 308 cm³/mol. The Balaban J connectivity index is 0.955. The average molecular weight is 941 g/mol. The van der Waals surface area contributed by atoms with E-state index < -0.39 is 0 Å². The highest BCUT2D eigenvalue weighted by molar-refractivity contribution is 5.85. The summed E-state index contributed by atoms with van der Waals surface area (Å²) in [7, 11) is 3.32. The lowest BCUT2D eigenvalue weighted by Gasteiger charge is -2.29. The predicted octanol–water partition coefficient (Wildman–Crippen LogP) is 18.7. The van der Waals surface area contributed by atoms with Gasteiger partial charge in [0.05, 0.1) is 25.6 Å². The summed E-state index contributed by atoms with van der Waals surface area (Å²) in [4.78, 5) is 4.82. The molecule has 0 spiro atoms. The van der Waals surface area contributed by atoms with Crippen molar-refractivity contribution in [1.29, 1.82) is 0 Å². The fourth-order valence-electron chi connectivity index (χ4n) is 9.60. The molecule has 0 saturated carbocycles. The summed E-state index contributed by atoms with van der Waals surface area (Å²) >= 11 is 0. The van der Waals surface area contributed by atoms with Crippen LogP contribution in [0.15, 0.2) is 194 Å². The van der Waals surface area contributed by atoms with Gasteiger partial charge in [0.1, 0.15) is 0 Å². The van der Waals surface area contributed by atoms with Crippen LogP contribution in [0.4, 0.5) is 34.1 Å². The molecule has 0 atom stereocenters. The second-order valence-corrected chi connectivity index (χ2v) is 18.5. The molecule has 0 N–H and O–H groups in total. The summed E-state index contributed by atoms with van der Waals surface area (Å²) in [6.07, 6.45) is 10.5. The lowest BCUT2D eigenvalue weighted by molar-refractivity contribution is 0.355. The Bertz CT molecular complexity index is 3350. The summed E-state index contributed by atoms with van der Waals surface area (Å²) in [6, 6.07) is 70.5. The summed E-state index contributed by atoms with van der Waals surface area (Å²) in [5, 5.41) is 0. The van der Waals surface area contributed by atoms with Crippen molar-refractivity contribution in [2.75, 3.05) is 24.0 Å². The van der Waals surface area contributed by atoms with Crippen molar-refractivity contribution in [2.24, 2.45) is 0 Å². The van der Waals surface area contributed by atoms with Crippen LogP contribution in [0.25, 0.3) is 46.6 Å². The molecule has 0 aliphatic rings. The van der Waals surface area contributed by atoms with Crippen LogP contribution in [-0.4, -0.2) is 14.2 Å². The molecule has 0 amide bonds. The first-order valence-corrected chi connectivity index (χ1v) is 25.1. The third kappa shape index (κ3) is 10.7. The second kappa shape index (κ2) is 22.2. The molecule has 9 aromatic rings. The monoisotopic (exact) mass is 940 g/mol. The molecule has 358 valence electrons. The molecule has 0 aliphatic heterocycles. The van der Waals surface area contributed by atoms with Crippen molar-refractivity contribution in [1.82, 2.24) is 0 Å². The van der Waals surface area contributed by atoms with Crippen LogP contribution < -0.4 is 19.3 Å². The van der Waals surface area contributed by atoms with Crippen molar-refractivity contribution >= 4 is 58.4 Å². The molecule has 0 unspecified atom stereocenters. The van der Waals surface area contributed by atoms with E-state index in [1.165, 1.54) is 78.1 Å². The van der Waals surface area contributed by atoms with E-state index >= 15 is 0 Å². The van der Waals surface area contributed by atoms with Crippen molar-refractivity contribution in [3.05, 3.63) is 250 Å². The van der Waals surface area contributed by atoms with Crippen molar-refractivity contribution < 1.29 is 9.47 Å². The number of nitrogens with zero attached hydrogens (tertiary/aromatic N) is 2. The molecule has 0 bridgehead atoms. The third-order valence-corrected chi connectivity index (χ3v) is 13.8. The van der Waals surface area contributed by atoms with Crippen molar-refractivity contribution in [2.45, 2.75) is 54.4 Å².